The zero-order chi connectivity index (χ0) is 16.8. The van der Waals surface area contributed by atoms with Crippen LogP contribution >= 0.6 is 11.6 Å². The molecule has 6 heteroatoms. The summed E-state index contributed by atoms with van der Waals surface area (Å²) in [5.74, 6) is 1.66. The predicted molar refractivity (Wildman–Crippen MR) is 89.9 cm³/mol. The van der Waals surface area contributed by atoms with Crippen molar-refractivity contribution in [2.24, 2.45) is 0 Å². The Balaban J connectivity index is 2.08. The molecule has 0 heterocycles. The normalized spacial score (nSPS) is 10.1. The second kappa shape index (κ2) is 7.74. The van der Waals surface area contributed by atoms with Gasteiger partial charge in [0.1, 0.15) is 5.75 Å². The van der Waals surface area contributed by atoms with Crippen LogP contribution in [-0.4, -0.2) is 27.2 Å². The van der Waals surface area contributed by atoms with Gasteiger partial charge < -0.3 is 19.5 Å². The van der Waals surface area contributed by atoms with E-state index in [0.717, 1.165) is 5.56 Å². The molecule has 0 atom stereocenters. The molecule has 23 heavy (non-hydrogen) atoms. The van der Waals surface area contributed by atoms with Crippen LogP contribution in [0.2, 0.25) is 5.02 Å². The molecular weight excluding hydrogens is 318 g/mol. The molecule has 0 bridgehead atoms. The summed E-state index contributed by atoms with van der Waals surface area (Å²) in [4.78, 5) is 12.2. The topological polar surface area (TPSA) is 56.8 Å². The van der Waals surface area contributed by atoms with E-state index in [2.05, 4.69) is 5.32 Å². The van der Waals surface area contributed by atoms with E-state index in [9.17, 15) is 4.79 Å². The quantitative estimate of drug-likeness (QED) is 0.877. The molecule has 0 radical (unpaired) electrons. The van der Waals surface area contributed by atoms with Crippen molar-refractivity contribution in [3.05, 3.63) is 47.0 Å². The highest BCUT2D eigenvalue weighted by atomic mass is 35.5. The van der Waals surface area contributed by atoms with Crippen LogP contribution in [0.15, 0.2) is 36.4 Å². The number of carbonyl (C=O) groups excluding carboxylic acids is 1. The molecular formula is C17H18ClNO4. The molecule has 0 saturated carbocycles. The molecule has 1 N–H and O–H groups in total. The number of amides is 1. The van der Waals surface area contributed by atoms with E-state index in [4.69, 9.17) is 25.8 Å². The summed E-state index contributed by atoms with van der Waals surface area (Å²) >= 11 is 6.11. The van der Waals surface area contributed by atoms with Crippen molar-refractivity contribution in [2.45, 2.75) is 6.42 Å². The number of hydrogen-bond acceptors (Lipinski definition) is 4. The minimum atomic E-state index is -0.177. The Morgan fingerprint density at radius 3 is 2.35 bits per heavy atom. The largest absolute Gasteiger partial charge is 0.497 e. The molecule has 5 nitrogen and oxygen atoms in total. The zero-order valence-electron chi connectivity index (χ0n) is 13.2. The number of methoxy groups -OCH3 is 3. The maximum absolute atomic E-state index is 12.2. The number of halogens is 1. The number of benzene rings is 2. The zero-order valence-corrected chi connectivity index (χ0v) is 13.9. The first kappa shape index (κ1) is 17.0. The van der Waals surface area contributed by atoms with Gasteiger partial charge in [-0.1, -0.05) is 17.7 Å². The van der Waals surface area contributed by atoms with Crippen molar-refractivity contribution in [2.75, 3.05) is 26.6 Å². The summed E-state index contributed by atoms with van der Waals surface area (Å²) in [6.07, 6.45) is 0.197. The SMILES string of the molecule is COc1ccc(NC(=O)Cc2ccc(OC)c(OC)c2)c(Cl)c1. The van der Waals surface area contributed by atoms with Crippen LogP contribution in [0, 0.1) is 0 Å². The Bertz CT molecular complexity index is 703. The molecule has 0 spiro atoms. The number of nitrogens with one attached hydrogen (secondary N) is 1. The molecule has 0 unspecified atom stereocenters. The van der Waals surface area contributed by atoms with Crippen LogP contribution in [-0.2, 0) is 11.2 Å². The Labute approximate surface area is 140 Å². The van der Waals surface area contributed by atoms with E-state index in [1.807, 2.05) is 6.07 Å². The van der Waals surface area contributed by atoms with Gasteiger partial charge >= 0.3 is 0 Å². The van der Waals surface area contributed by atoms with E-state index in [1.165, 1.54) is 0 Å². The molecule has 122 valence electrons. The van der Waals surface area contributed by atoms with Gasteiger partial charge in [-0.05, 0) is 29.8 Å². The standard InChI is InChI=1S/C17H18ClNO4/c1-21-12-5-6-14(13(18)10-12)19-17(20)9-11-4-7-15(22-2)16(8-11)23-3/h4-8,10H,9H2,1-3H3,(H,19,20). The fourth-order valence-electron chi connectivity index (χ4n) is 2.09. The van der Waals surface area contributed by atoms with Gasteiger partial charge in [-0.25, -0.2) is 0 Å². The van der Waals surface area contributed by atoms with Crippen molar-refractivity contribution < 1.29 is 19.0 Å². The number of rotatable bonds is 6. The fraction of sp³-hybridized carbons (Fsp3) is 0.235. The second-order valence-corrected chi connectivity index (χ2v) is 5.17. The molecule has 0 aromatic heterocycles. The Kier molecular flexibility index (Phi) is 5.71. The van der Waals surface area contributed by atoms with E-state index in [1.54, 1.807) is 51.7 Å². The predicted octanol–water partition coefficient (Wildman–Crippen LogP) is 3.55. The van der Waals surface area contributed by atoms with Crippen molar-refractivity contribution >= 4 is 23.2 Å². The van der Waals surface area contributed by atoms with Crippen molar-refractivity contribution in [3.63, 3.8) is 0 Å². The molecule has 2 aromatic carbocycles. The van der Waals surface area contributed by atoms with Gasteiger partial charge in [0.05, 0.1) is 38.5 Å². The van der Waals surface area contributed by atoms with Gasteiger partial charge in [0.2, 0.25) is 5.91 Å². The lowest BCUT2D eigenvalue weighted by molar-refractivity contribution is -0.115. The highest BCUT2D eigenvalue weighted by molar-refractivity contribution is 6.33. The third kappa shape index (κ3) is 4.29. The summed E-state index contributed by atoms with van der Waals surface area (Å²) in [5.41, 5.74) is 1.35. The number of anilines is 1. The molecule has 0 fully saturated rings. The van der Waals surface area contributed by atoms with E-state index < -0.39 is 0 Å². The number of carbonyl (C=O) groups is 1. The first-order valence-electron chi connectivity index (χ1n) is 6.91. The van der Waals surface area contributed by atoms with E-state index in [-0.39, 0.29) is 12.3 Å². The third-order valence-corrected chi connectivity index (χ3v) is 3.58. The Morgan fingerprint density at radius 2 is 1.74 bits per heavy atom. The number of hydrogen-bond donors (Lipinski definition) is 1. The van der Waals surface area contributed by atoms with Crippen LogP contribution in [0.4, 0.5) is 5.69 Å². The van der Waals surface area contributed by atoms with Gasteiger partial charge in [0.15, 0.2) is 11.5 Å². The van der Waals surface area contributed by atoms with Crippen LogP contribution in [0.3, 0.4) is 0 Å². The van der Waals surface area contributed by atoms with Gasteiger partial charge in [0, 0.05) is 6.07 Å². The van der Waals surface area contributed by atoms with Crippen LogP contribution in [0.25, 0.3) is 0 Å². The highest BCUT2D eigenvalue weighted by Gasteiger charge is 2.10. The minimum absolute atomic E-state index is 0.177. The summed E-state index contributed by atoms with van der Waals surface area (Å²) in [7, 11) is 4.68. The minimum Gasteiger partial charge on any atom is -0.497 e. The molecule has 2 aromatic rings. The molecule has 0 saturated heterocycles. The lowest BCUT2D eigenvalue weighted by atomic mass is 10.1. The van der Waals surface area contributed by atoms with E-state index >= 15 is 0 Å². The van der Waals surface area contributed by atoms with Crippen LogP contribution < -0.4 is 19.5 Å². The van der Waals surface area contributed by atoms with Crippen LogP contribution in [0.5, 0.6) is 17.2 Å². The summed E-state index contributed by atoms with van der Waals surface area (Å²) < 4.78 is 15.5. The number of ether oxygens (including phenoxy) is 3. The first-order chi connectivity index (χ1) is 11.1. The molecule has 0 aliphatic rings. The Hall–Kier alpha value is -2.40. The van der Waals surface area contributed by atoms with Gasteiger partial charge in [0.25, 0.3) is 0 Å². The molecule has 0 aliphatic carbocycles. The summed E-state index contributed by atoms with van der Waals surface area (Å²) in [5, 5.41) is 3.20. The molecule has 2 rings (SSSR count). The average molecular weight is 336 g/mol. The second-order valence-electron chi connectivity index (χ2n) is 4.76. The lowest BCUT2D eigenvalue weighted by Crippen LogP contribution is -2.14. The lowest BCUT2D eigenvalue weighted by Gasteiger charge is -2.11. The first-order valence-corrected chi connectivity index (χ1v) is 7.29. The van der Waals surface area contributed by atoms with E-state index in [0.29, 0.717) is 28.0 Å². The molecule has 0 aliphatic heterocycles. The maximum atomic E-state index is 12.2. The summed E-state index contributed by atoms with van der Waals surface area (Å²) in [6.45, 7) is 0. The van der Waals surface area contributed by atoms with Gasteiger partial charge in [-0.2, -0.15) is 0 Å². The van der Waals surface area contributed by atoms with Crippen molar-refractivity contribution in [1.82, 2.24) is 0 Å². The fourth-order valence-corrected chi connectivity index (χ4v) is 2.31. The maximum Gasteiger partial charge on any atom is 0.228 e. The monoisotopic (exact) mass is 335 g/mol. The Morgan fingerprint density at radius 1 is 1.00 bits per heavy atom. The third-order valence-electron chi connectivity index (χ3n) is 3.26. The molecule has 1 amide bonds. The van der Waals surface area contributed by atoms with Crippen molar-refractivity contribution in [1.29, 1.82) is 0 Å². The van der Waals surface area contributed by atoms with Gasteiger partial charge in [-0.3, -0.25) is 4.79 Å². The highest BCUT2D eigenvalue weighted by Crippen LogP contribution is 2.29. The average Bonchev–Trinajstić information content (AvgIpc) is 2.56. The van der Waals surface area contributed by atoms with Gasteiger partial charge in [-0.15, -0.1) is 0 Å². The van der Waals surface area contributed by atoms with Crippen molar-refractivity contribution in [3.8, 4) is 17.2 Å². The smallest absolute Gasteiger partial charge is 0.228 e. The summed E-state index contributed by atoms with van der Waals surface area (Å²) in [6, 6.07) is 10.4. The van der Waals surface area contributed by atoms with Crippen LogP contribution in [0.1, 0.15) is 5.56 Å².